The van der Waals surface area contributed by atoms with Crippen LogP contribution in [0.15, 0.2) is 23.1 Å². The molecule has 0 saturated carbocycles. The molecular formula is C15H23N5O5S. The molecule has 26 heavy (non-hydrogen) atoms. The van der Waals surface area contributed by atoms with E-state index in [1.165, 1.54) is 12.1 Å². The molecular weight excluding hydrogens is 362 g/mol. The molecule has 1 aliphatic heterocycles. The molecule has 0 radical (unpaired) electrons. The van der Waals surface area contributed by atoms with Crippen LogP contribution in [0.25, 0.3) is 0 Å². The van der Waals surface area contributed by atoms with Gasteiger partial charge in [-0.2, -0.15) is 0 Å². The molecule has 1 amide bonds. The average Bonchev–Trinajstić information content (AvgIpc) is 2.60. The maximum atomic E-state index is 12.3. The van der Waals surface area contributed by atoms with Crippen molar-refractivity contribution in [2.75, 3.05) is 32.0 Å². The third-order valence-electron chi connectivity index (χ3n) is 4.40. The zero-order chi connectivity index (χ0) is 19.3. The molecule has 1 heterocycles. The Labute approximate surface area is 151 Å². The Hall–Kier alpha value is -2.24. The Bertz CT molecular complexity index is 777. The third kappa shape index (κ3) is 5.13. The highest BCUT2D eigenvalue weighted by molar-refractivity contribution is 7.89. The topological polar surface area (TPSA) is 148 Å². The first-order valence-electron chi connectivity index (χ1n) is 8.21. The van der Waals surface area contributed by atoms with Crippen molar-refractivity contribution in [1.82, 2.24) is 10.2 Å². The van der Waals surface area contributed by atoms with Crippen molar-refractivity contribution >= 4 is 27.3 Å². The number of hydrogen-bond acceptors (Lipinski definition) is 7. The molecule has 0 unspecified atom stereocenters. The molecule has 10 nitrogen and oxygen atoms in total. The van der Waals surface area contributed by atoms with E-state index >= 15 is 0 Å². The van der Waals surface area contributed by atoms with Crippen LogP contribution in [0, 0.1) is 10.1 Å². The van der Waals surface area contributed by atoms with Gasteiger partial charge in [-0.05, 0) is 38.1 Å². The Morgan fingerprint density at radius 3 is 2.65 bits per heavy atom. The number of anilines is 1. The first-order chi connectivity index (χ1) is 12.2. The number of piperidine rings is 1. The number of nitro benzene ring substituents is 1. The predicted molar refractivity (Wildman–Crippen MR) is 96.2 cm³/mol. The van der Waals surface area contributed by atoms with Crippen molar-refractivity contribution in [1.29, 1.82) is 0 Å². The van der Waals surface area contributed by atoms with Crippen molar-refractivity contribution in [2.45, 2.75) is 30.2 Å². The lowest BCUT2D eigenvalue weighted by Crippen LogP contribution is -2.44. The number of hydrogen-bond donors (Lipinski definition) is 3. The van der Waals surface area contributed by atoms with Crippen molar-refractivity contribution in [3.63, 3.8) is 0 Å². The monoisotopic (exact) mass is 385 g/mol. The fraction of sp³-hybridized carbons (Fsp3) is 0.533. The van der Waals surface area contributed by atoms with E-state index < -0.39 is 20.6 Å². The van der Waals surface area contributed by atoms with Crippen molar-refractivity contribution in [2.24, 2.45) is 5.14 Å². The molecule has 0 bridgehead atoms. The number of rotatable bonds is 7. The molecule has 0 aliphatic carbocycles. The highest BCUT2D eigenvalue weighted by Gasteiger charge is 2.22. The van der Waals surface area contributed by atoms with E-state index in [0.29, 0.717) is 0 Å². The summed E-state index contributed by atoms with van der Waals surface area (Å²) >= 11 is 0. The van der Waals surface area contributed by atoms with E-state index in [2.05, 4.69) is 10.6 Å². The van der Waals surface area contributed by atoms with Crippen LogP contribution in [0.2, 0.25) is 0 Å². The molecule has 1 aliphatic rings. The molecule has 1 saturated heterocycles. The Balaban J connectivity index is 1.98. The van der Waals surface area contributed by atoms with Gasteiger partial charge in [-0.1, -0.05) is 0 Å². The van der Waals surface area contributed by atoms with E-state index in [0.717, 1.165) is 32.0 Å². The van der Waals surface area contributed by atoms with Crippen LogP contribution >= 0.6 is 0 Å². The van der Waals surface area contributed by atoms with Gasteiger partial charge >= 0.3 is 0 Å². The van der Waals surface area contributed by atoms with Crippen molar-refractivity contribution in [3.8, 4) is 0 Å². The summed E-state index contributed by atoms with van der Waals surface area (Å²) in [5.74, 6) is -0.0480. The molecule has 0 atom stereocenters. The number of carbonyl (C=O) groups is 1. The Morgan fingerprint density at radius 1 is 1.42 bits per heavy atom. The number of amides is 1. The molecule has 0 spiro atoms. The number of benzene rings is 1. The second kappa shape index (κ2) is 8.43. The van der Waals surface area contributed by atoms with Crippen molar-refractivity contribution < 1.29 is 18.1 Å². The van der Waals surface area contributed by atoms with Gasteiger partial charge in [0.1, 0.15) is 5.69 Å². The van der Waals surface area contributed by atoms with Crippen LogP contribution in [-0.4, -0.2) is 56.9 Å². The number of nitrogens with zero attached hydrogens (tertiary/aromatic N) is 2. The molecule has 1 aromatic carbocycles. The van der Waals surface area contributed by atoms with E-state index in [-0.39, 0.29) is 35.5 Å². The second-order valence-corrected chi connectivity index (χ2v) is 7.71. The van der Waals surface area contributed by atoms with Crippen LogP contribution in [0.3, 0.4) is 0 Å². The minimum Gasteiger partial charge on any atom is -0.379 e. The average molecular weight is 385 g/mol. The summed E-state index contributed by atoms with van der Waals surface area (Å²) < 4.78 is 22.7. The van der Waals surface area contributed by atoms with Gasteiger partial charge in [0.15, 0.2) is 0 Å². The molecule has 144 valence electrons. The lowest BCUT2D eigenvalue weighted by atomic mass is 10.1. The maximum absolute atomic E-state index is 12.3. The van der Waals surface area contributed by atoms with Gasteiger partial charge in [0.25, 0.3) is 5.69 Å². The number of nitrogens with one attached hydrogen (secondary N) is 2. The van der Waals surface area contributed by atoms with Gasteiger partial charge in [0.2, 0.25) is 15.9 Å². The number of nitrogens with two attached hydrogens (primary N) is 1. The maximum Gasteiger partial charge on any atom is 0.293 e. The number of carbonyl (C=O) groups excluding carboxylic acids is 1. The minimum atomic E-state index is -4.03. The normalized spacial score (nSPS) is 15.5. The summed E-state index contributed by atoms with van der Waals surface area (Å²) in [4.78, 5) is 24.1. The molecule has 1 fully saturated rings. The van der Waals surface area contributed by atoms with Gasteiger partial charge in [0.05, 0.1) is 9.82 Å². The van der Waals surface area contributed by atoms with Gasteiger partial charge in [-0.25, -0.2) is 13.6 Å². The summed E-state index contributed by atoms with van der Waals surface area (Å²) in [5.41, 5.74) is -0.268. The number of primary sulfonamides is 1. The molecule has 2 rings (SSSR count). The van der Waals surface area contributed by atoms with Gasteiger partial charge < -0.3 is 15.5 Å². The van der Waals surface area contributed by atoms with Gasteiger partial charge in [-0.15, -0.1) is 0 Å². The SMILES string of the molecule is CN(C(=O)CCNc1ccc(S(N)(=O)=O)cc1[N+](=O)[O-])C1CCNCC1. The highest BCUT2D eigenvalue weighted by Crippen LogP contribution is 2.27. The van der Waals surface area contributed by atoms with Crippen molar-refractivity contribution in [3.05, 3.63) is 28.3 Å². The second-order valence-electron chi connectivity index (χ2n) is 6.14. The first-order valence-corrected chi connectivity index (χ1v) is 9.76. The van der Waals surface area contributed by atoms with Gasteiger partial charge in [0, 0.05) is 32.1 Å². The summed E-state index contributed by atoms with van der Waals surface area (Å²) in [7, 11) is -2.27. The fourth-order valence-electron chi connectivity index (χ4n) is 2.87. The predicted octanol–water partition coefficient (Wildman–Crippen LogP) is 0.255. The van der Waals surface area contributed by atoms with E-state index in [1.54, 1.807) is 11.9 Å². The summed E-state index contributed by atoms with van der Waals surface area (Å²) in [6.07, 6.45) is 1.97. The Kier molecular flexibility index (Phi) is 6.51. The quantitative estimate of drug-likeness (QED) is 0.450. The summed E-state index contributed by atoms with van der Waals surface area (Å²) in [5, 5.41) is 22.2. The molecule has 0 aromatic heterocycles. The van der Waals surface area contributed by atoms with Crippen LogP contribution < -0.4 is 15.8 Å². The lowest BCUT2D eigenvalue weighted by molar-refractivity contribution is -0.384. The highest BCUT2D eigenvalue weighted by atomic mass is 32.2. The van der Waals surface area contributed by atoms with Crippen LogP contribution in [0.4, 0.5) is 11.4 Å². The van der Waals surface area contributed by atoms with E-state index in [9.17, 15) is 23.3 Å². The molecule has 11 heteroatoms. The van der Waals surface area contributed by atoms with Crippen LogP contribution in [0.5, 0.6) is 0 Å². The van der Waals surface area contributed by atoms with E-state index in [4.69, 9.17) is 5.14 Å². The zero-order valence-electron chi connectivity index (χ0n) is 14.5. The standard InChI is InChI=1S/C15H23N5O5S/c1-19(11-4-7-17-8-5-11)15(21)6-9-18-13-3-2-12(26(16,24)25)10-14(13)20(22)23/h2-3,10-11,17-18H,4-9H2,1H3,(H2,16,24,25). The smallest absolute Gasteiger partial charge is 0.293 e. The number of sulfonamides is 1. The third-order valence-corrected chi connectivity index (χ3v) is 5.31. The fourth-order valence-corrected chi connectivity index (χ4v) is 3.40. The van der Waals surface area contributed by atoms with Crippen LogP contribution in [-0.2, 0) is 14.8 Å². The zero-order valence-corrected chi connectivity index (χ0v) is 15.3. The minimum absolute atomic E-state index is 0.0480. The molecule has 4 N–H and O–H groups in total. The van der Waals surface area contributed by atoms with Crippen LogP contribution in [0.1, 0.15) is 19.3 Å². The molecule has 1 aromatic rings. The van der Waals surface area contributed by atoms with Gasteiger partial charge in [-0.3, -0.25) is 14.9 Å². The Morgan fingerprint density at radius 2 is 2.08 bits per heavy atom. The summed E-state index contributed by atoms with van der Waals surface area (Å²) in [6, 6.07) is 3.57. The largest absolute Gasteiger partial charge is 0.379 e. The first kappa shape index (κ1) is 20.1. The van der Waals surface area contributed by atoms with E-state index in [1.807, 2.05) is 0 Å². The lowest BCUT2D eigenvalue weighted by Gasteiger charge is -2.31. The number of nitro groups is 1. The summed E-state index contributed by atoms with van der Waals surface area (Å²) in [6.45, 7) is 1.95.